The summed E-state index contributed by atoms with van der Waals surface area (Å²) in [7, 11) is 2.09. The third-order valence-electron chi connectivity index (χ3n) is 3.59. The molecule has 2 aromatic rings. The summed E-state index contributed by atoms with van der Waals surface area (Å²) in [6.07, 6.45) is 0.944. The molecule has 0 unspecified atom stereocenters. The summed E-state index contributed by atoms with van der Waals surface area (Å²) >= 11 is 5.83. The van der Waals surface area contributed by atoms with Gasteiger partial charge in [-0.25, -0.2) is 9.37 Å². The minimum absolute atomic E-state index is 0.0953. The molecule has 0 radical (unpaired) electrons. The van der Waals surface area contributed by atoms with E-state index in [1.807, 2.05) is 4.57 Å². The molecule has 0 aliphatic heterocycles. The molecular formula is C14H20ClFN4. The number of hydrogen-bond acceptors (Lipinski definition) is 3. The van der Waals surface area contributed by atoms with Crippen molar-refractivity contribution in [2.45, 2.75) is 32.9 Å². The number of aromatic nitrogens is 2. The van der Waals surface area contributed by atoms with Crippen molar-refractivity contribution in [1.29, 1.82) is 0 Å². The molecule has 20 heavy (non-hydrogen) atoms. The molecule has 0 aliphatic carbocycles. The van der Waals surface area contributed by atoms with Crippen LogP contribution in [0, 0.1) is 5.82 Å². The quantitative estimate of drug-likeness (QED) is 0.922. The summed E-state index contributed by atoms with van der Waals surface area (Å²) in [4.78, 5) is 6.44. The van der Waals surface area contributed by atoms with E-state index in [4.69, 9.17) is 17.3 Å². The van der Waals surface area contributed by atoms with Gasteiger partial charge in [-0.05, 0) is 39.9 Å². The van der Waals surface area contributed by atoms with E-state index >= 15 is 0 Å². The van der Waals surface area contributed by atoms with Gasteiger partial charge in [0.2, 0.25) is 5.95 Å². The zero-order valence-electron chi connectivity index (χ0n) is 12.0. The SMILES string of the molecule is CC(C)N(C)CCCn1c(N)nc2cc(F)c(Cl)cc21. The zero-order valence-corrected chi connectivity index (χ0v) is 12.8. The number of imidazole rings is 1. The van der Waals surface area contributed by atoms with Crippen molar-refractivity contribution >= 4 is 28.6 Å². The highest BCUT2D eigenvalue weighted by Gasteiger charge is 2.12. The predicted octanol–water partition coefficient (Wildman–Crippen LogP) is 3.14. The van der Waals surface area contributed by atoms with Crippen molar-refractivity contribution in [1.82, 2.24) is 14.5 Å². The first kappa shape index (κ1) is 15.1. The van der Waals surface area contributed by atoms with Gasteiger partial charge in [0.05, 0.1) is 16.1 Å². The zero-order chi connectivity index (χ0) is 14.9. The second kappa shape index (κ2) is 5.97. The Balaban J connectivity index is 2.17. The maximum Gasteiger partial charge on any atom is 0.201 e. The van der Waals surface area contributed by atoms with E-state index in [1.165, 1.54) is 6.07 Å². The van der Waals surface area contributed by atoms with Gasteiger partial charge in [-0.2, -0.15) is 0 Å². The minimum Gasteiger partial charge on any atom is -0.369 e. The summed E-state index contributed by atoms with van der Waals surface area (Å²) in [6, 6.07) is 3.42. The largest absolute Gasteiger partial charge is 0.369 e. The number of nitrogens with zero attached hydrogens (tertiary/aromatic N) is 3. The Morgan fingerprint density at radius 1 is 1.45 bits per heavy atom. The second-order valence-corrected chi connectivity index (χ2v) is 5.71. The number of rotatable bonds is 5. The van der Waals surface area contributed by atoms with Crippen LogP contribution in [0.3, 0.4) is 0 Å². The number of aryl methyl sites for hydroxylation is 1. The lowest BCUT2D eigenvalue weighted by molar-refractivity contribution is 0.266. The van der Waals surface area contributed by atoms with Gasteiger partial charge in [0, 0.05) is 18.7 Å². The molecule has 0 saturated heterocycles. The number of anilines is 1. The van der Waals surface area contributed by atoms with Crippen LogP contribution < -0.4 is 5.73 Å². The summed E-state index contributed by atoms with van der Waals surface area (Å²) in [5.41, 5.74) is 7.22. The normalized spacial score (nSPS) is 11.9. The van der Waals surface area contributed by atoms with Crippen molar-refractivity contribution in [2.75, 3.05) is 19.3 Å². The fourth-order valence-corrected chi connectivity index (χ4v) is 2.27. The van der Waals surface area contributed by atoms with Gasteiger partial charge in [0.25, 0.3) is 0 Å². The van der Waals surface area contributed by atoms with E-state index in [9.17, 15) is 4.39 Å². The van der Waals surface area contributed by atoms with Crippen molar-refractivity contribution in [3.8, 4) is 0 Å². The van der Waals surface area contributed by atoms with Crippen LogP contribution in [0.1, 0.15) is 20.3 Å². The number of hydrogen-bond donors (Lipinski definition) is 1. The van der Waals surface area contributed by atoms with Crippen LogP contribution in [-0.2, 0) is 6.54 Å². The molecule has 0 bridgehead atoms. The summed E-state index contributed by atoms with van der Waals surface area (Å²) in [5.74, 6) is -0.0720. The third-order valence-corrected chi connectivity index (χ3v) is 3.88. The Morgan fingerprint density at radius 3 is 2.80 bits per heavy atom. The molecule has 1 aromatic heterocycles. The van der Waals surface area contributed by atoms with Crippen LogP contribution in [0.15, 0.2) is 12.1 Å². The van der Waals surface area contributed by atoms with Gasteiger partial charge in [-0.3, -0.25) is 0 Å². The van der Waals surface area contributed by atoms with E-state index in [0.29, 0.717) is 17.5 Å². The lowest BCUT2D eigenvalue weighted by atomic mass is 10.3. The summed E-state index contributed by atoms with van der Waals surface area (Å²) < 4.78 is 15.3. The molecule has 0 aliphatic rings. The van der Waals surface area contributed by atoms with Gasteiger partial charge >= 0.3 is 0 Å². The molecule has 4 nitrogen and oxygen atoms in total. The highest BCUT2D eigenvalue weighted by molar-refractivity contribution is 6.31. The van der Waals surface area contributed by atoms with E-state index in [-0.39, 0.29) is 5.02 Å². The first-order chi connectivity index (χ1) is 9.40. The maximum atomic E-state index is 13.4. The molecule has 0 atom stereocenters. The third kappa shape index (κ3) is 3.04. The van der Waals surface area contributed by atoms with Crippen molar-refractivity contribution < 1.29 is 4.39 Å². The fourth-order valence-electron chi connectivity index (χ4n) is 2.11. The standard InChI is InChI=1S/C14H20ClFN4/c1-9(2)19(3)5-4-6-20-13-7-10(15)11(16)8-12(13)18-14(20)17/h7-9H,4-6H2,1-3H3,(H2,17,18). The smallest absolute Gasteiger partial charge is 0.201 e. The molecule has 1 heterocycles. The average Bonchev–Trinajstić information content (AvgIpc) is 2.66. The van der Waals surface area contributed by atoms with E-state index < -0.39 is 5.82 Å². The van der Waals surface area contributed by atoms with E-state index in [1.54, 1.807) is 6.07 Å². The van der Waals surface area contributed by atoms with Gasteiger partial charge in [-0.1, -0.05) is 11.6 Å². The first-order valence-corrected chi connectivity index (χ1v) is 7.09. The Bertz CT molecular complexity index is 609. The predicted molar refractivity (Wildman–Crippen MR) is 81.5 cm³/mol. The highest BCUT2D eigenvalue weighted by Crippen LogP contribution is 2.25. The van der Waals surface area contributed by atoms with Gasteiger partial charge in [0.1, 0.15) is 5.82 Å². The van der Waals surface area contributed by atoms with Crippen LogP contribution >= 0.6 is 11.6 Å². The van der Waals surface area contributed by atoms with Crippen molar-refractivity contribution in [3.63, 3.8) is 0 Å². The molecule has 0 spiro atoms. The number of benzene rings is 1. The minimum atomic E-state index is -0.469. The summed E-state index contributed by atoms with van der Waals surface area (Å²) in [6.45, 7) is 6.01. The van der Waals surface area contributed by atoms with Crippen LogP contribution in [0.5, 0.6) is 0 Å². The molecule has 6 heteroatoms. The molecule has 0 saturated carbocycles. The Labute approximate surface area is 123 Å². The molecule has 0 amide bonds. The van der Waals surface area contributed by atoms with Crippen LogP contribution in [0.25, 0.3) is 11.0 Å². The maximum absolute atomic E-state index is 13.4. The lowest BCUT2D eigenvalue weighted by Crippen LogP contribution is -2.28. The molecule has 2 rings (SSSR count). The molecular weight excluding hydrogens is 279 g/mol. The lowest BCUT2D eigenvalue weighted by Gasteiger charge is -2.21. The monoisotopic (exact) mass is 298 g/mol. The van der Waals surface area contributed by atoms with Crippen LogP contribution in [0.2, 0.25) is 5.02 Å². The van der Waals surface area contributed by atoms with E-state index in [0.717, 1.165) is 25.0 Å². The average molecular weight is 299 g/mol. The Kier molecular flexibility index (Phi) is 4.50. The van der Waals surface area contributed by atoms with Crippen molar-refractivity contribution in [2.24, 2.45) is 0 Å². The topological polar surface area (TPSA) is 47.1 Å². The van der Waals surface area contributed by atoms with Gasteiger partial charge in [-0.15, -0.1) is 0 Å². The van der Waals surface area contributed by atoms with Gasteiger partial charge < -0.3 is 15.2 Å². The highest BCUT2D eigenvalue weighted by atomic mass is 35.5. The second-order valence-electron chi connectivity index (χ2n) is 5.30. The van der Waals surface area contributed by atoms with Crippen LogP contribution in [-0.4, -0.2) is 34.1 Å². The van der Waals surface area contributed by atoms with Crippen molar-refractivity contribution in [3.05, 3.63) is 23.0 Å². The Hall–Kier alpha value is -1.33. The first-order valence-electron chi connectivity index (χ1n) is 6.71. The molecule has 2 N–H and O–H groups in total. The fraction of sp³-hybridized carbons (Fsp3) is 0.500. The van der Waals surface area contributed by atoms with Gasteiger partial charge in [0.15, 0.2) is 0 Å². The number of fused-ring (bicyclic) bond motifs is 1. The summed E-state index contributed by atoms with van der Waals surface area (Å²) in [5, 5.41) is 0.0953. The van der Waals surface area contributed by atoms with E-state index in [2.05, 4.69) is 30.8 Å². The molecule has 0 fully saturated rings. The molecule has 110 valence electrons. The Morgan fingerprint density at radius 2 is 2.15 bits per heavy atom. The molecule has 1 aromatic carbocycles. The number of nitrogen functional groups attached to an aromatic ring is 1. The van der Waals surface area contributed by atoms with Crippen LogP contribution in [0.4, 0.5) is 10.3 Å². The number of halogens is 2. The number of nitrogens with two attached hydrogens (primary N) is 1.